The number of halogens is 2. The van der Waals surface area contributed by atoms with Crippen LogP contribution in [0.25, 0.3) is 16.3 Å². The fraction of sp³-hybridized carbons (Fsp3) is 0.118. The number of nitrogens with zero attached hydrogens (tertiary/aromatic N) is 4. The van der Waals surface area contributed by atoms with Gasteiger partial charge in [0, 0.05) is 16.8 Å². The molecule has 3 heterocycles. The Kier molecular flexibility index (Phi) is 4.56. The summed E-state index contributed by atoms with van der Waals surface area (Å²) in [7, 11) is 0. The molecule has 0 fully saturated rings. The number of benzene rings is 1. The highest BCUT2D eigenvalue weighted by Gasteiger charge is 2.19. The number of hydrogen-bond donors (Lipinski definition) is 1. The minimum absolute atomic E-state index is 0.0698. The minimum Gasteiger partial charge on any atom is -0.506 e. The number of aromatic hydroxyl groups is 1. The summed E-state index contributed by atoms with van der Waals surface area (Å²) >= 11 is 2.35. The van der Waals surface area contributed by atoms with E-state index in [1.807, 2.05) is 36.5 Å². The molecule has 0 saturated carbocycles. The van der Waals surface area contributed by atoms with Crippen molar-refractivity contribution in [2.24, 2.45) is 0 Å². The smallest absolute Gasteiger partial charge is 0.291 e. The van der Waals surface area contributed by atoms with Crippen LogP contribution in [-0.2, 0) is 5.75 Å². The molecule has 1 aromatic carbocycles. The monoisotopic (exact) mass is 390 g/mol. The Morgan fingerprint density at radius 3 is 2.73 bits per heavy atom. The normalized spacial score (nSPS) is 11.5. The van der Waals surface area contributed by atoms with Gasteiger partial charge in [0.05, 0.1) is 6.20 Å². The molecule has 3 aromatic heterocycles. The summed E-state index contributed by atoms with van der Waals surface area (Å²) in [6.07, 6.45) is 0.631. The van der Waals surface area contributed by atoms with Gasteiger partial charge in [0.1, 0.15) is 11.3 Å². The van der Waals surface area contributed by atoms with Gasteiger partial charge in [0.2, 0.25) is 0 Å². The fourth-order valence-electron chi connectivity index (χ4n) is 2.45. The molecule has 0 bridgehead atoms. The molecule has 0 atom stereocenters. The van der Waals surface area contributed by atoms with Crippen LogP contribution in [0.4, 0.5) is 8.78 Å². The van der Waals surface area contributed by atoms with Crippen molar-refractivity contribution in [3.8, 4) is 16.6 Å². The predicted molar refractivity (Wildman–Crippen MR) is 96.7 cm³/mol. The van der Waals surface area contributed by atoms with E-state index >= 15 is 0 Å². The minimum atomic E-state index is -2.67. The number of alkyl halides is 2. The predicted octanol–water partition coefficient (Wildman–Crippen LogP) is 4.79. The number of hydrogen-bond acceptors (Lipinski definition) is 6. The van der Waals surface area contributed by atoms with Crippen molar-refractivity contribution in [1.82, 2.24) is 19.6 Å². The van der Waals surface area contributed by atoms with Gasteiger partial charge in [-0.05, 0) is 11.6 Å². The molecule has 0 amide bonds. The van der Waals surface area contributed by atoms with Gasteiger partial charge in [-0.3, -0.25) is 4.40 Å². The fourth-order valence-corrected chi connectivity index (χ4v) is 4.04. The van der Waals surface area contributed by atoms with E-state index in [-0.39, 0.29) is 15.8 Å². The van der Waals surface area contributed by atoms with Crippen LogP contribution in [0.1, 0.15) is 17.0 Å². The van der Waals surface area contributed by atoms with Crippen molar-refractivity contribution in [1.29, 1.82) is 0 Å². The highest BCUT2D eigenvalue weighted by molar-refractivity contribution is 7.98. The van der Waals surface area contributed by atoms with Crippen molar-refractivity contribution in [2.75, 3.05) is 0 Å². The molecule has 0 unspecified atom stereocenters. The van der Waals surface area contributed by atoms with Crippen LogP contribution >= 0.6 is 23.1 Å². The van der Waals surface area contributed by atoms with Crippen LogP contribution in [0.3, 0.4) is 0 Å². The van der Waals surface area contributed by atoms with Gasteiger partial charge < -0.3 is 5.11 Å². The first-order valence-corrected chi connectivity index (χ1v) is 9.41. The van der Waals surface area contributed by atoms with E-state index in [0.29, 0.717) is 11.3 Å². The van der Waals surface area contributed by atoms with Crippen LogP contribution in [0.15, 0.2) is 53.7 Å². The molecule has 0 saturated heterocycles. The van der Waals surface area contributed by atoms with Crippen molar-refractivity contribution in [3.63, 3.8) is 0 Å². The van der Waals surface area contributed by atoms with E-state index in [1.165, 1.54) is 6.20 Å². The van der Waals surface area contributed by atoms with Gasteiger partial charge >= 0.3 is 0 Å². The lowest BCUT2D eigenvalue weighted by atomic mass is 10.2. The zero-order chi connectivity index (χ0) is 18.1. The van der Waals surface area contributed by atoms with Crippen LogP contribution in [0.2, 0.25) is 0 Å². The van der Waals surface area contributed by atoms with Gasteiger partial charge in [-0.25, -0.2) is 13.8 Å². The molecule has 9 heteroatoms. The molecule has 5 nitrogen and oxygen atoms in total. The lowest BCUT2D eigenvalue weighted by Crippen LogP contribution is -1.91. The molecular weight excluding hydrogens is 378 g/mol. The summed E-state index contributed by atoms with van der Waals surface area (Å²) in [4.78, 5) is 5.05. The van der Waals surface area contributed by atoms with E-state index in [2.05, 4.69) is 15.2 Å². The average molecular weight is 390 g/mol. The maximum Gasteiger partial charge on any atom is 0.291 e. The Hall–Kier alpha value is -2.52. The second-order valence-corrected chi connectivity index (χ2v) is 7.48. The third kappa shape index (κ3) is 3.27. The van der Waals surface area contributed by atoms with E-state index in [9.17, 15) is 13.9 Å². The van der Waals surface area contributed by atoms with Gasteiger partial charge in [-0.15, -0.1) is 22.0 Å². The van der Waals surface area contributed by atoms with Gasteiger partial charge in [-0.2, -0.15) is 0 Å². The molecule has 0 aliphatic rings. The third-order valence-electron chi connectivity index (χ3n) is 3.66. The first-order chi connectivity index (χ1) is 12.6. The van der Waals surface area contributed by atoms with Crippen LogP contribution in [-0.4, -0.2) is 24.7 Å². The highest BCUT2D eigenvalue weighted by Crippen LogP contribution is 2.33. The molecule has 0 aliphatic heterocycles. The largest absolute Gasteiger partial charge is 0.506 e. The zero-order valence-corrected chi connectivity index (χ0v) is 14.8. The molecule has 4 aromatic rings. The van der Waals surface area contributed by atoms with Gasteiger partial charge in [0.25, 0.3) is 6.43 Å². The SMILES string of the molecule is Oc1cc(SCc2ccccc2)cn2c(-c3nnc(C(F)F)s3)ncc12. The first-order valence-electron chi connectivity index (χ1n) is 7.60. The standard InChI is InChI=1S/C17H12F2N4OS2/c18-14(19)16-21-22-17(26-16)15-20-7-12-13(24)6-11(8-23(12)15)25-9-10-4-2-1-3-5-10/h1-8,14,24H,9H2. The number of rotatable bonds is 5. The maximum absolute atomic E-state index is 12.8. The Balaban J connectivity index is 1.68. The molecule has 1 N–H and O–H groups in total. The maximum atomic E-state index is 12.8. The van der Waals surface area contributed by atoms with Crippen molar-refractivity contribution < 1.29 is 13.9 Å². The molecule has 0 radical (unpaired) electrons. The van der Waals surface area contributed by atoms with E-state index < -0.39 is 6.43 Å². The summed E-state index contributed by atoms with van der Waals surface area (Å²) in [5.74, 6) is 1.19. The summed E-state index contributed by atoms with van der Waals surface area (Å²) in [5.41, 5.74) is 1.64. The number of imidazole rings is 1. The Morgan fingerprint density at radius 2 is 2.00 bits per heavy atom. The van der Waals surface area contributed by atoms with Crippen molar-refractivity contribution in [2.45, 2.75) is 17.1 Å². The molecule has 0 spiro atoms. The topological polar surface area (TPSA) is 63.3 Å². The third-order valence-corrected chi connectivity index (χ3v) is 5.62. The lowest BCUT2D eigenvalue weighted by Gasteiger charge is -2.06. The average Bonchev–Trinajstić information content (AvgIpc) is 3.28. The Labute approximate surface area is 155 Å². The molecular formula is C17H12F2N4OS2. The second kappa shape index (κ2) is 7.00. The van der Waals surface area contributed by atoms with Crippen molar-refractivity contribution in [3.05, 3.63) is 59.4 Å². The van der Waals surface area contributed by atoms with E-state index in [0.717, 1.165) is 27.5 Å². The van der Waals surface area contributed by atoms with Crippen LogP contribution in [0, 0.1) is 0 Å². The summed E-state index contributed by atoms with van der Waals surface area (Å²) in [6.45, 7) is 0. The summed E-state index contributed by atoms with van der Waals surface area (Å²) in [6, 6.07) is 11.6. The summed E-state index contributed by atoms with van der Waals surface area (Å²) in [5, 5.41) is 17.5. The highest BCUT2D eigenvalue weighted by atomic mass is 32.2. The molecule has 0 aliphatic carbocycles. The number of pyridine rings is 1. The van der Waals surface area contributed by atoms with Gasteiger partial charge in [0.15, 0.2) is 15.8 Å². The number of aromatic nitrogens is 4. The quantitative estimate of drug-likeness (QED) is 0.497. The van der Waals surface area contributed by atoms with Crippen LogP contribution < -0.4 is 0 Å². The van der Waals surface area contributed by atoms with Gasteiger partial charge in [-0.1, -0.05) is 41.7 Å². The lowest BCUT2D eigenvalue weighted by molar-refractivity contribution is 0.150. The van der Waals surface area contributed by atoms with E-state index in [1.54, 1.807) is 22.2 Å². The zero-order valence-electron chi connectivity index (χ0n) is 13.2. The molecule has 26 heavy (non-hydrogen) atoms. The summed E-state index contributed by atoms with van der Waals surface area (Å²) < 4.78 is 27.2. The number of thioether (sulfide) groups is 1. The van der Waals surface area contributed by atoms with Crippen LogP contribution in [0.5, 0.6) is 5.75 Å². The Bertz CT molecular complexity index is 1050. The number of fused-ring (bicyclic) bond motifs is 1. The van der Waals surface area contributed by atoms with Crippen molar-refractivity contribution >= 4 is 28.6 Å². The molecule has 132 valence electrons. The van der Waals surface area contributed by atoms with E-state index in [4.69, 9.17) is 0 Å². The molecule has 4 rings (SSSR count). The first kappa shape index (κ1) is 16.9. The Morgan fingerprint density at radius 1 is 1.19 bits per heavy atom. The second-order valence-electron chi connectivity index (χ2n) is 5.42.